The van der Waals surface area contributed by atoms with Crippen molar-refractivity contribution in [2.45, 2.75) is 0 Å². The summed E-state index contributed by atoms with van der Waals surface area (Å²) in [7, 11) is 0. The van der Waals surface area contributed by atoms with Gasteiger partial charge in [-0.1, -0.05) is 23.2 Å². The highest BCUT2D eigenvalue weighted by atomic mass is 35.5. The Morgan fingerprint density at radius 3 is 2.38 bits per heavy atom. The summed E-state index contributed by atoms with van der Waals surface area (Å²) in [4.78, 5) is 13.9. The van der Waals surface area contributed by atoms with Crippen molar-refractivity contribution in [1.29, 1.82) is 0 Å². The number of nitrogens with one attached hydrogen (secondary N) is 2. The van der Waals surface area contributed by atoms with E-state index in [9.17, 15) is 10.1 Å². The van der Waals surface area contributed by atoms with Crippen molar-refractivity contribution in [2.24, 2.45) is 0 Å². The highest BCUT2D eigenvalue weighted by Gasteiger charge is 2.22. The van der Waals surface area contributed by atoms with E-state index < -0.39 is 4.92 Å². The lowest BCUT2D eigenvalue weighted by Gasteiger charge is -2.03. The van der Waals surface area contributed by atoms with Crippen LogP contribution in [-0.4, -0.2) is 9.91 Å². The predicted octanol–water partition coefficient (Wildman–Crippen LogP) is 5.13. The maximum Gasteiger partial charge on any atom is 0.318 e. The minimum absolute atomic E-state index is 0.0394. The molecule has 0 spiro atoms. The van der Waals surface area contributed by atoms with Crippen LogP contribution in [0.3, 0.4) is 0 Å². The van der Waals surface area contributed by atoms with Crippen LogP contribution in [0.25, 0.3) is 10.9 Å². The molecular weight excluding hydrogens is 313 g/mol. The molecule has 0 bridgehead atoms. The molecule has 0 radical (unpaired) electrons. The van der Waals surface area contributed by atoms with E-state index in [-0.39, 0.29) is 5.69 Å². The van der Waals surface area contributed by atoms with E-state index in [1.165, 1.54) is 0 Å². The van der Waals surface area contributed by atoms with Crippen molar-refractivity contribution in [2.75, 3.05) is 5.32 Å². The zero-order valence-corrected chi connectivity index (χ0v) is 12.1. The average molecular weight is 322 g/mol. The number of anilines is 2. The van der Waals surface area contributed by atoms with E-state index in [1.807, 2.05) is 0 Å². The first kappa shape index (κ1) is 13.7. The van der Waals surface area contributed by atoms with Crippen LogP contribution in [0.4, 0.5) is 17.2 Å². The van der Waals surface area contributed by atoms with Gasteiger partial charge in [-0.25, -0.2) is 0 Å². The first-order valence-corrected chi connectivity index (χ1v) is 6.78. The fourth-order valence-corrected chi connectivity index (χ4v) is 2.41. The van der Waals surface area contributed by atoms with E-state index >= 15 is 0 Å². The van der Waals surface area contributed by atoms with Gasteiger partial charge in [0.1, 0.15) is 0 Å². The Labute approximate surface area is 129 Å². The van der Waals surface area contributed by atoms with Gasteiger partial charge in [0.15, 0.2) is 5.82 Å². The van der Waals surface area contributed by atoms with Crippen molar-refractivity contribution in [1.82, 2.24) is 4.98 Å². The lowest BCUT2D eigenvalue weighted by molar-refractivity contribution is -0.382. The number of aromatic amines is 1. The average Bonchev–Trinajstić information content (AvgIpc) is 2.78. The van der Waals surface area contributed by atoms with Crippen molar-refractivity contribution in [3.8, 4) is 0 Å². The lowest BCUT2D eigenvalue weighted by atomic mass is 10.2. The number of halogens is 2. The number of benzene rings is 2. The van der Waals surface area contributed by atoms with Crippen molar-refractivity contribution >= 4 is 51.3 Å². The fraction of sp³-hybridized carbons (Fsp3) is 0. The second-order valence-corrected chi connectivity index (χ2v) is 5.30. The first-order chi connectivity index (χ1) is 10.0. The third-order valence-electron chi connectivity index (χ3n) is 3.03. The molecule has 0 aliphatic heterocycles. The van der Waals surface area contributed by atoms with Gasteiger partial charge < -0.3 is 10.3 Å². The molecule has 1 heterocycles. The number of nitro groups is 1. The highest BCUT2D eigenvalue weighted by molar-refractivity contribution is 6.31. The van der Waals surface area contributed by atoms with Gasteiger partial charge in [-0.05, 0) is 42.5 Å². The van der Waals surface area contributed by atoms with Crippen LogP contribution in [0.2, 0.25) is 10.0 Å². The number of hydrogen-bond donors (Lipinski definition) is 2. The lowest BCUT2D eigenvalue weighted by Crippen LogP contribution is -1.95. The van der Waals surface area contributed by atoms with E-state index in [1.54, 1.807) is 42.5 Å². The molecule has 106 valence electrons. The van der Waals surface area contributed by atoms with Crippen LogP contribution >= 0.6 is 23.2 Å². The van der Waals surface area contributed by atoms with Crippen LogP contribution in [0, 0.1) is 10.1 Å². The van der Waals surface area contributed by atoms with Gasteiger partial charge in [0.2, 0.25) is 0 Å². The van der Waals surface area contributed by atoms with E-state index in [0.29, 0.717) is 32.5 Å². The Morgan fingerprint density at radius 2 is 1.71 bits per heavy atom. The molecule has 0 atom stereocenters. The monoisotopic (exact) mass is 321 g/mol. The van der Waals surface area contributed by atoms with Gasteiger partial charge in [-0.15, -0.1) is 0 Å². The van der Waals surface area contributed by atoms with E-state index in [4.69, 9.17) is 23.2 Å². The Morgan fingerprint density at radius 1 is 1.05 bits per heavy atom. The smallest absolute Gasteiger partial charge is 0.318 e. The molecule has 0 aliphatic rings. The standard InChI is InChI=1S/C14H9Cl2N3O2/c15-8-1-4-10(5-2-8)17-14-13(19(20)21)11-7-9(16)3-6-12(11)18-14/h1-7,17-18H. The van der Waals surface area contributed by atoms with Crippen LogP contribution in [-0.2, 0) is 0 Å². The molecule has 0 saturated heterocycles. The maximum absolute atomic E-state index is 11.3. The summed E-state index contributed by atoms with van der Waals surface area (Å²) < 4.78 is 0. The summed E-state index contributed by atoms with van der Waals surface area (Å²) in [6.45, 7) is 0. The summed E-state index contributed by atoms with van der Waals surface area (Å²) in [5, 5.41) is 15.8. The summed E-state index contributed by atoms with van der Waals surface area (Å²) in [6.07, 6.45) is 0. The van der Waals surface area contributed by atoms with Gasteiger partial charge in [-0.2, -0.15) is 0 Å². The summed E-state index contributed by atoms with van der Waals surface area (Å²) in [5.41, 5.74) is 1.30. The molecule has 3 aromatic rings. The van der Waals surface area contributed by atoms with Crippen molar-refractivity contribution in [3.63, 3.8) is 0 Å². The van der Waals surface area contributed by atoms with Crippen molar-refractivity contribution < 1.29 is 4.92 Å². The molecule has 0 unspecified atom stereocenters. The topological polar surface area (TPSA) is 71.0 Å². The van der Waals surface area contributed by atoms with Crippen LogP contribution in [0.15, 0.2) is 42.5 Å². The molecule has 1 aromatic heterocycles. The van der Waals surface area contributed by atoms with Crippen molar-refractivity contribution in [3.05, 3.63) is 62.6 Å². The van der Waals surface area contributed by atoms with Gasteiger partial charge >= 0.3 is 5.69 Å². The quantitative estimate of drug-likeness (QED) is 0.519. The Bertz CT molecular complexity index is 828. The Kier molecular flexibility index (Phi) is 3.45. The molecule has 0 amide bonds. The van der Waals surface area contributed by atoms with E-state index in [0.717, 1.165) is 0 Å². The third kappa shape index (κ3) is 2.66. The normalized spacial score (nSPS) is 10.8. The molecule has 0 fully saturated rings. The second-order valence-electron chi connectivity index (χ2n) is 4.43. The molecule has 7 heteroatoms. The number of hydrogen-bond acceptors (Lipinski definition) is 3. The molecule has 3 rings (SSSR count). The second kappa shape index (κ2) is 5.27. The Balaban J connectivity index is 2.11. The number of fused-ring (bicyclic) bond motifs is 1. The van der Waals surface area contributed by atoms with Gasteiger partial charge in [0.05, 0.1) is 15.8 Å². The fourth-order valence-electron chi connectivity index (χ4n) is 2.11. The number of aromatic nitrogens is 1. The molecule has 0 aliphatic carbocycles. The van der Waals surface area contributed by atoms with Gasteiger partial charge in [0, 0.05) is 15.7 Å². The minimum Gasteiger partial charge on any atom is -0.336 e. The third-order valence-corrected chi connectivity index (χ3v) is 3.52. The summed E-state index contributed by atoms with van der Waals surface area (Å²) in [6, 6.07) is 11.8. The first-order valence-electron chi connectivity index (χ1n) is 6.03. The largest absolute Gasteiger partial charge is 0.336 e. The Hall–Kier alpha value is -2.24. The summed E-state index contributed by atoms with van der Waals surface area (Å²) >= 11 is 11.7. The number of nitrogens with zero attached hydrogens (tertiary/aromatic N) is 1. The van der Waals surface area contributed by atoms with Crippen LogP contribution in [0.1, 0.15) is 0 Å². The zero-order valence-electron chi connectivity index (χ0n) is 10.6. The predicted molar refractivity (Wildman–Crippen MR) is 84.7 cm³/mol. The summed E-state index contributed by atoms with van der Waals surface area (Å²) in [5.74, 6) is 0.305. The van der Waals surface area contributed by atoms with Gasteiger partial charge in [-0.3, -0.25) is 10.1 Å². The molecule has 0 saturated carbocycles. The minimum atomic E-state index is -0.437. The van der Waals surface area contributed by atoms with Gasteiger partial charge in [0.25, 0.3) is 0 Å². The molecule has 21 heavy (non-hydrogen) atoms. The number of rotatable bonds is 3. The number of H-pyrrole nitrogens is 1. The zero-order chi connectivity index (χ0) is 15.0. The molecular formula is C14H9Cl2N3O2. The SMILES string of the molecule is O=[N+]([O-])c1c(Nc2ccc(Cl)cc2)[nH]c2ccc(Cl)cc12. The highest BCUT2D eigenvalue weighted by Crippen LogP contribution is 2.36. The molecule has 2 N–H and O–H groups in total. The maximum atomic E-state index is 11.3. The van der Waals surface area contributed by atoms with E-state index in [2.05, 4.69) is 10.3 Å². The molecule has 2 aromatic carbocycles. The van der Waals surface area contributed by atoms with Crippen LogP contribution < -0.4 is 5.32 Å². The van der Waals surface area contributed by atoms with Crippen LogP contribution in [0.5, 0.6) is 0 Å². The molecule has 5 nitrogen and oxygen atoms in total.